The van der Waals surface area contributed by atoms with Crippen molar-refractivity contribution in [3.05, 3.63) is 58.3 Å². The fraction of sp³-hybridized carbons (Fsp3) is 0.368. The zero-order valence-electron chi connectivity index (χ0n) is 14.4. The van der Waals surface area contributed by atoms with Gasteiger partial charge in [-0.1, -0.05) is 24.3 Å². The van der Waals surface area contributed by atoms with E-state index in [0.29, 0.717) is 19.6 Å². The SMILES string of the molecule is C[C@H](NC(=O)CN1CCN(C(=O)c2ccccc2)CC1)c1cccs1. The Labute approximate surface area is 152 Å². The van der Waals surface area contributed by atoms with Crippen LogP contribution in [0.1, 0.15) is 28.2 Å². The van der Waals surface area contributed by atoms with E-state index in [-0.39, 0.29) is 17.9 Å². The van der Waals surface area contributed by atoms with Gasteiger partial charge in [-0.2, -0.15) is 0 Å². The molecule has 6 heteroatoms. The quantitative estimate of drug-likeness (QED) is 0.894. The van der Waals surface area contributed by atoms with Crippen LogP contribution < -0.4 is 5.32 Å². The van der Waals surface area contributed by atoms with Crippen LogP contribution in [0.2, 0.25) is 0 Å². The summed E-state index contributed by atoms with van der Waals surface area (Å²) in [5.41, 5.74) is 0.721. The molecular formula is C19H23N3O2S. The Morgan fingerprint density at radius 2 is 1.80 bits per heavy atom. The van der Waals surface area contributed by atoms with Crippen molar-refractivity contribution in [3.8, 4) is 0 Å². The summed E-state index contributed by atoms with van der Waals surface area (Å²) >= 11 is 1.65. The van der Waals surface area contributed by atoms with Gasteiger partial charge in [0.15, 0.2) is 0 Å². The van der Waals surface area contributed by atoms with Gasteiger partial charge in [0.2, 0.25) is 5.91 Å². The first kappa shape index (κ1) is 17.6. The van der Waals surface area contributed by atoms with Crippen molar-refractivity contribution in [2.24, 2.45) is 0 Å². The molecule has 2 heterocycles. The number of benzene rings is 1. The number of hydrogen-bond donors (Lipinski definition) is 1. The van der Waals surface area contributed by atoms with Gasteiger partial charge in [-0.05, 0) is 30.5 Å². The fourth-order valence-corrected chi connectivity index (χ4v) is 3.71. The first-order valence-corrected chi connectivity index (χ1v) is 9.41. The van der Waals surface area contributed by atoms with E-state index >= 15 is 0 Å². The Kier molecular flexibility index (Phi) is 5.83. The molecule has 132 valence electrons. The Morgan fingerprint density at radius 1 is 1.08 bits per heavy atom. The van der Waals surface area contributed by atoms with Crippen LogP contribution in [0.25, 0.3) is 0 Å². The van der Waals surface area contributed by atoms with Crippen LogP contribution in [0.3, 0.4) is 0 Å². The molecule has 1 saturated heterocycles. The zero-order chi connectivity index (χ0) is 17.6. The molecule has 0 spiro atoms. The van der Waals surface area contributed by atoms with Crippen molar-refractivity contribution in [3.63, 3.8) is 0 Å². The van der Waals surface area contributed by atoms with Gasteiger partial charge in [0.05, 0.1) is 12.6 Å². The Morgan fingerprint density at radius 3 is 2.44 bits per heavy atom. The van der Waals surface area contributed by atoms with Crippen LogP contribution in [0.5, 0.6) is 0 Å². The molecule has 1 aliphatic heterocycles. The maximum atomic E-state index is 12.4. The standard InChI is InChI=1S/C19H23N3O2S/c1-15(17-8-5-13-25-17)20-18(23)14-21-9-11-22(12-10-21)19(24)16-6-3-2-4-7-16/h2-8,13,15H,9-12,14H2,1H3,(H,20,23)/t15-/m0/s1. The van der Waals surface area contributed by atoms with Gasteiger partial charge in [-0.25, -0.2) is 0 Å². The van der Waals surface area contributed by atoms with Crippen molar-refractivity contribution in [2.75, 3.05) is 32.7 Å². The fourth-order valence-electron chi connectivity index (χ4n) is 2.97. The van der Waals surface area contributed by atoms with Gasteiger partial charge in [-0.15, -0.1) is 11.3 Å². The van der Waals surface area contributed by atoms with Crippen LogP contribution in [0.15, 0.2) is 47.8 Å². The maximum Gasteiger partial charge on any atom is 0.253 e. The summed E-state index contributed by atoms with van der Waals surface area (Å²) in [4.78, 5) is 29.8. The number of amides is 2. The van der Waals surface area contributed by atoms with Crippen LogP contribution in [-0.4, -0.2) is 54.3 Å². The first-order chi connectivity index (χ1) is 12.1. The van der Waals surface area contributed by atoms with E-state index in [0.717, 1.165) is 23.5 Å². The largest absolute Gasteiger partial charge is 0.348 e. The molecule has 1 aromatic heterocycles. The number of carbonyl (C=O) groups excluding carboxylic acids is 2. The van der Waals surface area contributed by atoms with Crippen molar-refractivity contribution in [1.29, 1.82) is 0 Å². The molecule has 0 saturated carbocycles. The highest BCUT2D eigenvalue weighted by atomic mass is 32.1. The molecule has 1 N–H and O–H groups in total. The summed E-state index contributed by atoms with van der Waals surface area (Å²) in [7, 11) is 0. The number of nitrogens with one attached hydrogen (secondary N) is 1. The minimum Gasteiger partial charge on any atom is -0.348 e. The molecule has 1 fully saturated rings. The van der Waals surface area contributed by atoms with Crippen molar-refractivity contribution < 1.29 is 9.59 Å². The van der Waals surface area contributed by atoms with E-state index in [2.05, 4.69) is 10.2 Å². The molecule has 2 amide bonds. The predicted octanol–water partition coefficient (Wildman–Crippen LogP) is 2.38. The molecule has 0 radical (unpaired) electrons. The summed E-state index contributed by atoms with van der Waals surface area (Å²) in [5.74, 6) is 0.0970. The van der Waals surface area contributed by atoms with Crippen molar-refractivity contribution in [2.45, 2.75) is 13.0 Å². The molecule has 1 aliphatic rings. The molecular weight excluding hydrogens is 334 g/mol. The van der Waals surface area contributed by atoms with E-state index in [1.54, 1.807) is 11.3 Å². The van der Waals surface area contributed by atoms with E-state index in [1.165, 1.54) is 0 Å². The molecule has 1 atom stereocenters. The number of thiophene rings is 1. The van der Waals surface area contributed by atoms with Gasteiger partial charge in [0.25, 0.3) is 5.91 Å². The second kappa shape index (κ2) is 8.27. The van der Waals surface area contributed by atoms with E-state index in [9.17, 15) is 9.59 Å². The highest BCUT2D eigenvalue weighted by molar-refractivity contribution is 7.10. The lowest BCUT2D eigenvalue weighted by Crippen LogP contribution is -2.51. The van der Waals surface area contributed by atoms with Crippen molar-refractivity contribution in [1.82, 2.24) is 15.1 Å². The summed E-state index contributed by atoms with van der Waals surface area (Å²) in [5, 5.41) is 5.05. The average Bonchev–Trinajstić information content (AvgIpc) is 3.17. The molecule has 0 bridgehead atoms. The first-order valence-electron chi connectivity index (χ1n) is 8.53. The second-order valence-corrected chi connectivity index (χ2v) is 7.22. The lowest BCUT2D eigenvalue weighted by Gasteiger charge is -2.34. The molecule has 2 aromatic rings. The highest BCUT2D eigenvalue weighted by Crippen LogP contribution is 2.18. The number of rotatable bonds is 5. The highest BCUT2D eigenvalue weighted by Gasteiger charge is 2.23. The second-order valence-electron chi connectivity index (χ2n) is 6.24. The van der Waals surface area contributed by atoms with Crippen LogP contribution in [0, 0.1) is 0 Å². The lowest BCUT2D eigenvalue weighted by atomic mass is 10.2. The van der Waals surface area contributed by atoms with Crippen LogP contribution in [-0.2, 0) is 4.79 Å². The summed E-state index contributed by atoms with van der Waals surface area (Å²) in [6.07, 6.45) is 0. The summed E-state index contributed by atoms with van der Waals surface area (Å²) < 4.78 is 0. The van der Waals surface area contributed by atoms with Gasteiger partial charge in [0, 0.05) is 36.6 Å². The summed E-state index contributed by atoms with van der Waals surface area (Å²) in [6.45, 7) is 5.13. The third kappa shape index (κ3) is 4.67. The minimum absolute atomic E-state index is 0.0312. The summed E-state index contributed by atoms with van der Waals surface area (Å²) in [6, 6.07) is 13.4. The van der Waals surface area contributed by atoms with Gasteiger partial charge >= 0.3 is 0 Å². The maximum absolute atomic E-state index is 12.4. The number of nitrogens with zero attached hydrogens (tertiary/aromatic N) is 2. The third-order valence-corrected chi connectivity index (χ3v) is 5.45. The molecule has 3 rings (SSSR count). The molecule has 5 nitrogen and oxygen atoms in total. The average molecular weight is 357 g/mol. The normalized spacial score (nSPS) is 16.4. The monoisotopic (exact) mass is 357 g/mol. The molecule has 1 aromatic carbocycles. The predicted molar refractivity (Wildman–Crippen MR) is 99.7 cm³/mol. The zero-order valence-corrected chi connectivity index (χ0v) is 15.2. The van der Waals surface area contributed by atoms with E-state index in [1.807, 2.05) is 59.7 Å². The van der Waals surface area contributed by atoms with E-state index < -0.39 is 0 Å². The number of hydrogen-bond acceptors (Lipinski definition) is 4. The van der Waals surface area contributed by atoms with Crippen LogP contribution >= 0.6 is 11.3 Å². The number of carbonyl (C=O) groups is 2. The Balaban J connectivity index is 1.44. The lowest BCUT2D eigenvalue weighted by molar-refractivity contribution is -0.123. The van der Waals surface area contributed by atoms with Gasteiger partial charge in [-0.3, -0.25) is 14.5 Å². The van der Waals surface area contributed by atoms with Crippen molar-refractivity contribution >= 4 is 23.2 Å². The Bertz CT molecular complexity index is 695. The van der Waals surface area contributed by atoms with Gasteiger partial charge in [0.1, 0.15) is 0 Å². The molecule has 0 unspecified atom stereocenters. The Hall–Kier alpha value is -2.18. The number of piperazine rings is 1. The smallest absolute Gasteiger partial charge is 0.253 e. The molecule has 0 aliphatic carbocycles. The van der Waals surface area contributed by atoms with Crippen LogP contribution in [0.4, 0.5) is 0 Å². The van der Waals surface area contributed by atoms with E-state index in [4.69, 9.17) is 0 Å². The minimum atomic E-state index is 0.0312. The van der Waals surface area contributed by atoms with Gasteiger partial charge < -0.3 is 10.2 Å². The topological polar surface area (TPSA) is 52.7 Å². The third-order valence-electron chi connectivity index (χ3n) is 4.39. The molecule has 25 heavy (non-hydrogen) atoms.